The van der Waals surface area contributed by atoms with Gasteiger partial charge in [-0.25, -0.2) is 4.98 Å². The maximum absolute atomic E-state index is 11.6. The molecule has 0 aromatic carbocycles. The van der Waals surface area contributed by atoms with Crippen molar-refractivity contribution in [1.29, 1.82) is 0 Å². The van der Waals surface area contributed by atoms with Gasteiger partial charge in [-0.3, -0.25) is 4.79 Å². The molecule has 1 rings (SSSR count). The number of nitrogen functional groups attached to an aromatic ring is 1. The molecule has 0 bridgehead atoms. The van der Waals surface area contributed by atoms with E-state index < -0.39 is 0 Å². The number of amides is 1. The van der Waals surface area contributed by atoms with Gasteiger partial charge in [0.2, 0.25) is 0 Å². The smallest absolute Gasteiger partial charge is 0.272 e. The third-order valence-corrected chi connectivity index (χ3v) is 2.12. The number of carbonyl (C=O) groups excluding carboxylic acids is 1. The molecule has 0 spiro atoms. The molecule has 5 nitrogen and oxygen atoms in total. The van der Waals surface area contributed by atoms with Crippen LogP contribution in [0.15, 0.2) is 18.3 Å². The van der Waals surface area contributed by atoms with Crippen molar-refractivity contribution in [2.24, 2.45) is 0 Å². The zero-order valence-electron chi connectivity index (χ0n) is 9.73. The fraction of sp³-hybridized carbons (Fsp3) is 0.455. The predicted octanol–water partition coefficient (Wildman–Crippen LogP) is 0.345. The Labute approximate surface area is 95.7 Å². The molecule has 5 heteroatoms. The number of nitrogens with zero attached hydrogens (tertiary/aromatic N) is 2. The highest BCUT2D eigenvalue weighted by molar-refractivity contribution is 5.96. The van der Waals surface area contributed by atoms with Crippen LogP contribution < -0.4 is 11.1 Å². The quantitative estimate of drug-likeness (QED) is 0.705. The molecule has 0 aliphatic rings. The highest BCUT2D eigenvalue weighted by Gasteiger charge is 2.09. The molecule has 16 heavy (non-hydrogen) atoms. The Hall–Kier alpha value is -1.62. The van der Waals surface area contributed by atoms with Gasteiger partial charge in [-0.05, 0) is 39.2 Å². The summed E-state index contributed by atoms with van der Waals surface area (Å²) in [5.41, 5.74) is 6.35. The van der Waals surface area contributed by atoms with Gasteiger partial charge in [0.1, 0.15) is 0 Å². The Bertz CT molecular complexity index is 352. The lowest BCUT2D eigenvalue weighted by molar-refractivity contribution is 0.0948. The van der Waals surface area contributed by atoms with Crippen LogP contribution in [0.3, 0.4) is 0 Å². The molecule has 3 N–H and O–H groups in total. The lowest BCUT2D eigenvalue weighted by Crippen LogP contribution is -2.28. The molecule has 1 amide bonds. The van der Waals surface area contributed by atoms with Gasteiger partial charge < -0.3 is 16.0 Å². The van der Waals surface area contributed by atoms with Crippen molar-refractivity contribution in [3.05, 3.63) is 24.0 Å². The predicted molar refractivity (Wildman–Crippen MR) is 64.2 cm³/mol. The van der Waals surface area contributed by atoms with Gasteiger partial charge in [-0.1, -0.05) is 0 Å². The average Bonchev–Trinajstić information content (AvgIpc) is 2.24. The zero-order chi connectivity index (χ0) is 12.0. The summed E-state index contributed by atoms with van der Waals surface area (Å²) >= 11 is 0. The van der Waals surface area contributed by atoms with Crippen molar-refractivity contribution in [3.63, 3.8) is 0 Å². The number of nitrogens with one attached hydrogen (secondary N) is 1. The van der Waals surface area contributed by atoms with Crippen LogP contribution in [0.2, 0.25) is 0 Å². The first-order valence-electron chi connectivity index (χ1n) is 5.24. The Morgan fingerprint density at radius 3 is 2.94 bits per heavy atom. The third-order valence-electron chi connectivity index (χ3n) is 2.12. The van der Waals surface area contributed by atoms with Gasteiger partial charge in [0.15, 0.2) is 5.69 Å². The Morgan fingerprint density at radius 1 is 1.56 bits per heavy atom. The fourth-order valence-electron chi connectivity index (χ4n) is 1.29. The minimum Gasteiger partial charge on any atom is -0.397 e. The summed E-state index contributed by atoms with van der Waals surface area (Å²) in [6.07, 6.45) is 2.47. The van der Waals surface area contributed by atoms with Crippen LogP contribution in [0.5, 0.6) is 0 Å². The Balaban J connectivity index is 2.39. The molecule has 0 saturated carbocycles. The van der Waals surface area contributed by atoms with Crippen molar-refractivity contribution in [1.82, 2.24) is 15.2 Å². The van der Waals surface area contributed by atoms with Crippen molar-refractivity contribution < 1.29 is 4.79 Å². The first-order chi connectivity index (χ1) is 7.61. The van der Waals surface area contributed by atoms with E-state index in [-0.39, 0.29) is 5.91 Å². The van der Waals surface area contributed by atoms with Crippen LogP contribution in [-0.4, -0.2) is 43.0 Å². The summed E-state index contributed by atoms with van der Waals surface area (Å²) < 4.78 is 0. The summed E-state index contributed by atoms with van der Waals surface area (Å²) in [4.78, 5) is 17.7. The number of carbonyl (C=O) groups is 1. The molecule has 0 saturated heterocycles. The molecular weight excluding hydrogens is 204 g/mol. The third kappa shape index (κ3) is 3.86. The first kappa shape index (κ1) is 12.4. The van der Waals surface area contributed by atoms with Crippen LogP contribution >= 0.6 is 0 Å². The van der Waals surface area contributed by atoms with Gasteiger partial charge in [-0.15, -0.1) is 0 Å². The summed E-state index contributed by atoms with van der Waals surface area (Å²) in [5, 5.41) is 2.79. The van der Waals surface area contributed by atoms with Crippen molar-refractivity contribution in [3.8, 4) is 0 Å². The normalized spacial score (nSPS) is 10.4. The number of pyridine rings is 1. The second-order valence-electron chi connectivity index (χ2n) is 3.85. The van der Waals surface area contributed by atoms with Crippen LogP contribution in [0.1, 0.15) is 16.9 Å². The minimum absolute atomic E-state index is 0.211. The highest BCUT2D eigenvalue weighted by Crippen LogP contribution is 2.05. The van der Waals surface area contributed by atoms with Crippen LogP contribution in [-0.2, 0) is 0 Å². The second kappa shape index (κ2) is 6.07. The minimum atomic E-state index is -0.211. The number of anilines is 1. The van der Waals surface area contributed by atoms with Crippen molar-refractivity contribution in [2.45, 2.75) is 6.42 Å². The number of hydrogen-bond donors (Lipinski definition) is 2. The van der Waals surface area contributed by atoms with E-state index in [2.05, 4.69) is 15.2 Å². The monoisotopic (exact) mass is 222 g/mol. The largest absolute Gasteiger partial charge is 0.397 e. The summed E-state index contributed by atoms with van der Waals surface area (Å²) in [5.74, 6) is -0.211. The zero-order valence-corrected chi connectivity index (χ0v) is 9.73. The first-order valence-corrected chi connectivity index (χ1v) is 5.24. The van der Waals surface area contributed by atoms with E-state index in [0.29, 0.717) is 17.9 Å². The summed E-state index contributed by atoms with van der Waals surface area (Å²) in [7, 11) is 4.00. The molecular formula is C11H18N4O. The lowest BCUT2D eigenvalue weighted by atomic mass is 10.3. The summed E-state index contributed by atoms with van der Waals surface area (Å²) in [6.45, 7) is 1.57. The van der Waals surface area contributed by atoms with Gasteiger partial charge in [-0.2, -0.15) is 0 Å². The van der Waals surface area contributed by atoms with Gasteiger partial charge >= 0.3 is 0 Å². The maximum atomic E-state index is 11.6. The number of hydrogen-bond acceptors (Lipinski definition) is 4. The molecule has 1 aromatic heterocycles. The van der Waals surface area contributed by atoms with E-state index in [1.165, 1.54) is 0 Å². The topological polar surface area (TPSA) is 71.2 Å². The van der Waals surface area contributed by atoms with Gasteiger partial charge in [0, 0.05) is 12.7 Å². The summed E-state index contributed by atoms with van der Waals surface area (Å²) in [6, 6.07) is 3.37. The van der Waals surface area contributed by atoms with Gasteiger partial charge in [0.05, 0.1) is 5.69 Å². The number of nitrogens with two attached hydrogens (primary N) is 1. The van der Waals surface area contributed by atoms with E-state index in [0.717, 1.165) is 13.0 Å². The van der Waals surface area contributed by atoms with Gasteiger partial charge in [0.25, 0.3) is 5.91 Å². The average molecular weight is 222 g/mol. The Kier molecular flexibility index (Phi) is 4.72. The van der Waals surface area contributed by atoms with E-state index in [1.807, 2.05) is 14.1 Å². The Morgan fingerprint density at radius 2 is 2.31 bits per heavy atom. The lowest BCUT2D eigenvalue weighted by Gasteiger charge is -2.10. The molecule has 0 aliphatic carbocycles. The molecule has 0 fully saturated rings. The van der Waals surface area contributed by atoms with Crippen LogP contribution in [0.4, 0.5) is 5.69 Å². The van der Waals surface area contributed by atoms with Crippen LogP contribution in [0.25, 0.3) is 0 Å². The molecule has 1 heterocycles. The fourth-order valence-corrected chi connectivity index (χ4v) is 1.29. The van der Waals surface area contributed by atoms with E-state index in [1.54, 1.807) is 18.3 Å². The molecule has 0 radical (unpaired) electrons. The van der Waals surface area contributed by atoms with Crippen molar-refractivity contribution >= 4 is 11.6 Å². The highest BCUT2D eigenvalue weighted by atomic mass is 16.1. The van der Waals surface area contributed by atoms with E-state index in [9.17, 15) is 4.79 Å². The second-order valence-corrected chi connectivity index (χ2v) is 3.85. The molecule has 88 valence electrons. The van der Waals surface area contributed by atoms with Crippen LogP contribution in [0, 0.1) is 0 Å². The van der Waals surface area contributed by atoms with E-state index in [4.69, 9.17) is 5.73 Å². The number of aromatic nitrogens is 1. The molecule has 0 aliphatic heterocycles. The SMILES string of the molecule is CN(C)CCCNC(=O)c1ncccc1N. The molecule has 1 aromatic rings. The van der Waals surface area contributed by atoms with E-state index >= 15 is 0 Å². The maximum Gasteiger partial charge on any atom is 0.272 e. The standard InChI is InChI=1S/C11H18N4O/c1-15(2)8-4-7-14-11(16)10-9(12)5-3-6-13-10/h3,5-6H,4,7-8,12H2,1-2H3,(H,14,16). The van der Waals surface area contributed by atoms with Crippen molar-refractivity contribution in [2.75, 3.05) is 32.9 Å². The molecule has 0 atom stereocenters. The number of rotatable bonds is 5. The molecule has 0 unspecified atom stereocenters.